The first kappa shape index (κ1) is 16.6. The Labute approximate surface area is 160 Å². The van der Waals surface area contributed by atoms with Crippen molar-refractivity contribution in [1.82, 2.24) is 25.1 Å². The highest BCUT2D eigenvalue weighted by molar-refractivity contribution is 5.78. The molecule has 5 rings (SSSR count). The molecule has 1 aliphatic heterocycles. The predicted molar refractivity (Wildman–Crippen MR) is 105 cm³/mol. The second-order valence-electron chi connectivity index (χ2n) is 8.59. The van der Waals surface area contributed by atoms with Gasteiger partial charge in [0.15, 0.2) is 5.82 Å². The van der Waals surface area contributed by atoms with E-state index in [9.17, 15) is 0 Å². The number of benzene rings is 2. The maximum Gasteiger partial charge on any atom is 0.169 e. The van der Waals surface area contributed by atoms with Gasteiger partial charge in [-0.25, -0.2) is 4.68 Å². The zero-order valence-corrected chi connectivity index (χ0v) is 16.1. The van der Waals surface area contributed by atoms with Gasteiger partial charge in [-0.2, -0.15) is 0 Å². The molecule has 2 aromatic carbocycles. The van der Waals surface area contributed by atoms with Crippen LogP contribution in [0.15, 0.2) is 48.5 Å². The van der Waals surface area contributed by atoms with Gasteiger partial charge >= 0.3 is 0 Å². The lowest BCUT2D eigenvalue weighted by Crippen LogP contribution is -2.33. The Morgan fingerprint density at radius 1 is 0.926 bits per heavy atom. The summed E-state index contributed by atoms with van der Waals surface area (Å²) in [6.07, 6.45) is 2.26. The van der Waals surface area contributed by atoms with Crippen LogP contribution in [-0.2, 0) is 5.54 Å². The maximum atomic E-state index is 4.46. The molecule has 1 atom stereocenters. The van der Waals surface area contributed by atoms with Crippen molar-refractivity contribution in [2.75, 3.05) is 6.54 Å². The van der Waals surface area contributed by atoms with Crippen molar-refractivity contribution < 1.29 is 0 Å². The fourth-order valence-electron chi connectivity index (χ4n) is 4.74. The van der Waals surface area contributed by atoms with Gasteiger partial charge in [0.2, 0.25) is 0 Å². The monoisotopic (exact) mass is 359 g/mol. The summed E-state index contributed by atoms with van der Waals surface area (Å²) in [5, 5.41) is 12.8. The molecule has 138 valence electrons. The quantitative estimate of drug-likeness (QED) is 0.683. The minimum atomic E-state index is -0.126. The third-order valence-electron chi connectivity index (χ3n) is 5.85. The van der Waals surface area contributed by atoms with E-state index in [0.717, 1.165) is 18.8 Å². The summed E-state index contributed by atoms with van der Waals surface area (Å²) in [5.74, 6) is 0.988. The lowest BCUT2D eigenvalue weighted by Gasteiger charge is -2.32. The van der Waals surface area contributed by atoms with Crippen molar-refractivity contribution >= 4 is 0 Å². The van der Waals surface area contributed by atoms with Gasteiger partial charge in [-0.3, -0.25) is 4.90 Å². The SMILES string of the molecule is CC(C)(C)n1nnnc1[C@@H]1CCCN1C1c2ccccc2-c2ccccc21. The van der Waals surface area contributed by atoms with Crippen LogP contribution in [0.25, 0.3) is 11.1 Å². The molecule has 1 aliphatic carbocycles. The minimum Gasteiger partial charge on any atom is -0.282 e. The number of rotatable bonds is 2. The summed E-state index contributed by atoms with van der Waals surface area (Å²) >= 11 is 0. The second kappa shape index (κ2) is 5.99. The summed E-state index contributed by atoms with van der Waals surface area (Å²) in [4.78, 5) is 2.61. The lowest BCUT2D eigenvalue weighted by molar-refractivity contribution is 0.189. The molecule has 2 heterocycles. The van der Waals surface area contributed by atoms with Crippen LogP contribution in [-0.4, -0.2) is 31.7 Å². The van der Waals surface area contributed by atoms with E-state index in [2.05, 4.69) is 89.7 Å². The Morgan fingerprint density at radius 3 is 2.19 bits per heavy atom. The van der Waals surface area contributed by atoms with Crippen molar-refractivity contribution in [3.8, 4) is 11.1 Å². The van der Waals surface area contributed by atoms with E-state index in [1.807, 2.05) is 4.68 Å². The van der Waals surface area contributed by atoms with E-state index in [1.54, 1.807) is 0 Å². The third kappa shape index (κ3) is 2.52. The molecule has 5 heteroatoms. The molecule has 0 unspecified atom stereocenters. The molecule has 2 aliphatic rings. The number of fused-ring (bicyclic) bond motifs is 3. The number of hydrogen-bond donors (Lipinski definition) is 0. The van der Waals surface area contributed by atoms with Crippen molar-refractivity contribution in [2.45, 2.75) is 51.2 Å². The number of aromatic nitrogens is 4. The number of nitrogens with zero attached hydrogens (tertiary/aromatic N) is 5. The van der Waals surface area contributed by atoms with E-state index in [4.69, 9.17) is 0 Å². The molecule has 0 spiro atoms. The highest BCUT2D eigenvalue weighted by atomic mass is 15.6. The Morgan fingerprint density at radius 2 is 1.56 bits per heavy atom. The largest absolute Gasteiger partial charge is 0.282 e. The molecule has 27 heavy (non-hydrogen) atoms. The summed E-state index contributed by atoms with van der Waals surface area (Å²) in [7, 11) is 0. The summed E-state index contributed by atoms with van der Waals surface area (Å²) in [6, 6.07) is 18.2. The Bertz CT molecular complexity index is 939. The zero-order valence-electron chi connectivity index (χ0n) is 16.1. The van der Waals surface area contributed by atoms with Crippen molar-refractivity contribution in [3.05, 3.63) is 65.5 Å². The Kier molecular flexibility index (Phi) is 3.69. The molecular formula is C22H25N5. The molecule has 3 aromatic rings. The van der Waals surface area contributed by atoms with E-state index in [1.165, 1.54) is 28.7 Å². The fourth-order valence-corrected chi connectivity index (χ4v) is 4.74. The molecule has 0 radical (unpaired) electrons. The maximum absolute atomic E-state index is 4.46. The average molecular weight is 359 g/mol. The Balaban J connectivity index is 1.62. The molecule has 0 saturated carbocycles. The van der Waals surface area contributed by atoms with Gasteiger partial charge in [-0.05, 0) is 72.8 Å². The second-order valence-corrected chi connectivity index (χ2v) is 8.59. The van der Waals surface area contributed by atoms with Gasteiger partial charge < -0.3 is 0 Å². The molecule has 5 nitrogen and oxygen atoms in total. The van der Waals surface area contributed by atoms with Crippen LogP contribution in [0.5, 0.6) is 0 Å². The zero-order chi connectivity index (χ0) is 18.6. The van der Waals surface area contributed by atoms with Gasteiger partial charge in [0.1, 0.15) is 0 Å². The molecule has 1 fully saturated rings. The first-order valence-corrected chi connectivity index (χ1v) is 9.78. The first-order chi connectivity index (χ1) is 13.1. The normalized spacial score (nSPS) is 20.0. The molecule has 0 N–H and O–H groups in total. The van der Waals surface area contributed by atoms with Gasteiger partial charge in [0.05, 0.1) is 17.6 Å². The van der Waals surface area contributed by atoms with Crippen molar-refractivity contribution in [1.29, 1.82) is 0 Å². The smallest absolute Gasteiger partial charge is 0.169 e. The van der Waals surface area contributed by atoms with Crippen LogP contribution in [0, 0.1) is 0 Å². The first-order valence-electron chi connectivity index (χ1n) is 9.78. The lowest BCUT2D eigenvalue weighted by atomic mass is 10.0. The molecular weight excluding hydrogens is 334 g/mol. The third-order valence-corrected chi connectivity index (χ3v) is 5.85. The fraction of sp³-hybridized carbons (Fsp3) is 0.409. The molecule has 0 bridgehead atoms. The minimum absolute atomic E-state index is 0.126. The van der Waals surface area contributed by atoms with Crippen LogP contribution in [0.4, 0.5) is 0 Å². The van der Waals surface area contributed by atoms with Gasteiger partial charge in [0, 0.05) is 0 Å². The van der Waals surface area contributed by atoms with Crippen LogP contribution < -0.4 is 0 Å². The van der Waals surface area contributed by atoms with E-state index in [-0.39, 0.29) is 17.6 Å². The highest BCUT2D eigenvalue weighted by Crippen LogP contribution is 2.50. The van der Waals surface area contributed by atoms with Gasteiger partial charge in [-0.15, -0.1) is 5.10 Å². The van der Waals surface area contributed by atoms with Crippen LogP contribution >= 0.6 is 0 Å². The van der Waals surface area contributed by atoms with Crippen LogP contribution in [0.2, 0.25) is 0 Å². The van der Waals surface area contributed by atoms with Crippen LogP contribution in [0.1, 0.15) is 62.6 Å². The van der Waals surface area contributed by atoms with Gasteiger partial charge in [-0.1, -0.05) is 48.5 Å². The van der Waals surface area contributed by atoms with Crippen molar-refractivity contribution in [3.63, 3.8) is 0 Å². The standard InChI is InChI=1S/C22H25N5/c1-22(2,3)27-21(23-24-25-27)19-13-8-14-26(19)20-17-11-6-4-9-15(17)16-10-5-7-12-18(16)20/h4-7,9-12,19-20H,8,13-14H2,1-3H3/t19-/m0/s1. The summed E-state index contributed by atoms with van der Waals surface area (Å²) in [6.45, 7) is 7.54. The van der Waals surface area contributed by atoms with E-state index < -0.39 is 0 Å². The van der Waals surface area contributed by atoms with E-state index >= 15 is 0 Å². The predicted octanol–water partition coefficient (Wildman–Crippen LogP) is 4.34. The topological polar surface area (TPSA) is 46.8 Å². The summed E-state index contributed by atoms with van der Waals surface area (Å²) < 4.78 is 2.00. The average Bonchev–Trinajstić information content (AvgIpc) is 3.37. The molecule has 0 amide bonds. The summed E-state index contributed by atoms with van der Waals surface area (Å²) in [5.41, 5.74) is 5.40. The molecule has 1 aromatic heterocycles. The Hall–Kier alpha value is -2.53. The van der Waals surface area contributed by atoms with Gasteiger partial charge in [0.25, 0.3) is 0 Å². The van der Waals surface area contributed by atoms with E-state index in [0.29, 0.717) is 0 Å². The number of tetrazole rings is 1. The molecule has 1 saturated heterocycles. The number of hydrogen-bond acceptors (Lipinski definition) is 4. The highest BCUT2D eigenvalue weighted by Gasteiger charge is 2.41. The van der Waals surface area contributed by atoms with Crippen LogP contribution in [0.3, 0.4) is 0 Å². The van der Waals surface area contributed by atoms with Crippen molar-refractivity contribution in [2.24, 2.45) is 0 Å². The number of likely N-dealkylation sites (tertiary alicyclic amines) is 1.